The molecule has 0 saturated heterocycles. The summed E-state index contributed by atoms with van der Waals surface area (Å²) in [4.78, 5) is 32.9. The molecule has 2 aromatic carbocycles. The van der Waals surface area contributed by atoms with Gasteiger partial charge in [0, 0.05) is 40.8 Å². The summed E-state index contributed by atoms with van der Waals surface area (Å²) in [5, 5.41) is 4.31. The smallest absolute Gasteiger partial charge is 0.247 e. The van der Waals surface area contributed by atoms with E-state index < -0.39 is 6.04 Å². The number of aromatic amines is 1. The molecule has 7 heteroatoms. The molecule has 0 spiro atoms. The summed E-state index contributed by atoms with van der Waals surface area (Å²) in [6.45, 7) is 0. The van der Waals surface area contributed by atoms with Crippen LogP contribution in [0.2, 0.25) is 0 Å². The first kappa shape index (κ1) is 24.2. The first-order valence-electron chi connectivity index (χ1n) is 13.0. The molecule has 2 aliphatic rings. The Morgan fingerprint density at radius 2 is 1.81 bits per heavy atom. The average molecular weight is 490 g/mol. The predicted molar refractivity (Wildman–Crippen MR) is 139 cm³/mol. The average Bonchev–Trinajstić information content (AvgIpc) is 3.67. The zero-order valence-electron chi connectivity index (χ0n) is 21.1. The maximum absolute atomic E-state index is 13.9. The number of H-pyrrole nitrogens is 1. The van der Waals surface area contributed by atoms with E-state index in [1.54, 1.807) is 20.3 Å². The number of methoxy groups -OCH3 is 2. The third-order valence-corrected chi connectivity index (χ3v) is 7.46. The van der Waals surface area contributed by atoms with Crippen molar-refractivity contribution in [3.05, 3.63) is 59.8 Å². The quantitative estimate of drug-likeness (QED) is 0.447. The molecular formula is C29H35N3O4. The minimum absolute atomic E-state index is 0.0385. The number of carbonyl (C=O) groups excluding carboxylic acids is 2. The number of fused-ring (bicyclic) bond motifs is 1. The molecular weight excluding hydrogens is 454 g/mol. The molecule has 7 nitrogen and oxygen atoms in total. The summed E-state index contributed by atoms with van der Waals surface area (Å²) >= 11 is 0. The van der Waals surface area contributed by atoms with Crippen molar-refractivity contribution in [1.82, 2.24) is 15.2 Å². The number of ether oxygens (including phenoxy) is 2. The topological polar surface area (TPSA) is 83.7 Å². The van der Waals surface area contributed by atoms with Crippen molar-refractivity contribution >= 4 is 22.7 Å². The van der Waals surface area contributed by atoms with Crippen LogP contribution in [0.15, 0.2) is 48.7 Å². The zero-order chi connectivity index (χ0) is 25.1. The Morgan fingerprint density at radius 3 is 2.53 bits per heavy atom. The first-order valence-corrected chi connectivity index (χ1v) is 13.0. The fourth-order valence-electron chi connectivity index (χ4n) is 5.43. The molecule has 2 aliphatic carbocycles. The molecule has 5 rings (SSSR count). The van der Waals surface area contributed by atoms with Crippen LogP contribution in [0.5, 0.6) is 11.5 Å². The van der Waals surface area contributed by atoms with Crippen LogP contribution in [-0.4, -0.2) is 48.0 Å². The number of aromatic nitrogens is 1. The van der Waals surface area contributed by atoms with Crippen LogP contribution in [0, 0.1) is 0 Å². The van der Waals surface area contributed by atoms with Gasteiger partial charge in [-0.05, 0) is 49.4 Å². The molecule has 2 N–H and O–H groups in total. The third-order valence-electron chi connectivity index (χ3n) is 7.46. The van der Waals surface area contributed by atoms with Gasteiger partial charge >= 0.3 is 0 Å². The van der Waals surface area contributed by atoms with E-state index in [1.807, 2.05) is 47.5 Å². The van der Waals surface area contributed by atoms with E-state index >= 15 is 0 Å². The lowest BCUT2D eigenvalue weighted by Crippen LogP contribution is -2.48. The summed E-state index contributed by atoms with van der Waals surface area (Å²) in [6.07, 6.45) is 9.32. The zero-order valence-corrected chi connectivity index (χ0v) is 21.1. The Kier molecular flexibility index (Phi) is 7.16. The van der Waals surface area contributed by atoms with Crippen molar-refractivity contribution in [2.24, 2.45) is 0 Å². The second-order valence-electron chi connectivity index (χ2n) is 9.92. The van der Waals surface area contributed by atoms with E-state index in [2.05, 4.69) is 10.3 Å². The molecule has 0 bridgehead atoms. The van der Waals surface area contributed by atoms with Crippen molar-refractivity contribution in [2.45, 2.75) is 69.5 Å². The van der Waals surface area contributed by atoms with Crippen LogP contribution in [0.1, 0.15) is 62.1 Å². The highest BCUT2D eigenvalue weighted by molar-refractivity contribution is 5.93. The number of nitrogens with zero attached hydrogens (tertiary/aromatic N) is 1. The van der Waals surface area contributed by atoms with Crippen molar-refractivity contribution in [3.8, 4) is 11.5 Å². The van der Waals surface area contributed by atoms with E-state index in [4.69, 9.17) is 9.47 Å². The van der Waals surface area contributed by atoms with Crippen LogP contribution in [0.25, 0.3) is 10.9 Å². The summed E-state index contributed by atoms with van der Waals surface area (Å²) in [5.74, 6) is 1.00. The highest BCUT2D eigenvalue weighted by Crippen LogP contribution is 2.40. The Bertz CT molecular complexity index is 1230. The number of hydrogen-bond donors (Lipinski definition) is 2. The Labute approximate surface area is 212 Å². The molecule has 1 aromatic heterocycles. The van der Waals surface area contributed by atoms with E-state index in [-0.39, 0.29) is 30.3 Å². The molecule has 2 fully saturated rings. The lowest BCUT2D eigenvalue weighted by molar-refractivity contribution is -0.141. The Morgan fingerprint density at radius 1 is 1.03 bits per heavy atom. The van der Waals surface area contributed by atoms with Gasteiger partial charge in [-0.15, -0.1) is 0 Å². The molecule has 1 heterocycles. The number of nitrogens with one attached hydrogen (secondary N) is 2. The summed E-state index contributed by atoms with van der Waals surface area (Å²) < 4.78 is 11.1. The van der Waals surface area contributed by atoms with Crippen LogP contribution in [-0.2, 0) is 16.0 Å². The van der Waals surface area contributed by atoms with Gasteiger partial charge in [-0.3, -0.25) is 9.59 Å². The normalized spacial score (nSPS) is 16.9. The third kappa shape index (κ3) is 5.06. The van der Waals surface area contributed by atoms with Gasteiger partial charge in [0.15, 0.2) is 0 Å². The molecule has 2 saturated carbocycles. The van der Waals surface area contributed by atoms with E-state index in [1.165, 1.54) is 6.42 Å². The standard InChI is InChI=1S/C29H35N3O4/c1-35-22-14-15-24(26(17-22)36-2)28(29(34)31-20-8-4-3-5-9-20)32(21-12-13-21)27(33)16-19-18-30-25-11-7-6-10-23(19)25/h6-7,10-11,14-15,17-18,20-21,28,30H,3-5,8-9,12-13,16H2,1-2H3,(H,31,34). The minimum atomic E-state index is -0.766. The lowest BCUT2D eigenvalue weighted by Gasteiger charge is -2.34. The molecule has 36 heavy (non-hydrogen) atoms. The fourth-order valence-corrected chi connectivity index (χ4v) is 5.43. The van der Waals surface area contributed by atoms with Crippen molar-refractivity contribution < 1.29 is 19.1 Å². The van der Waals surface area contributed by atoms with E-state index in [0.29, 0.717) is 17.1 Å². The van der Waals surface area contributed by atoms with Crippen LogP contribution in [0.3, 0.4) is 0 Å². The number of amides is 2. The van der Waals surface area contributed by atoms with Gasteiger partial charge in [0.05, 0.1) is 20.6 Å². The van der Waals surface area contributed by atoms with Crippen LogP contribution < -0.4 is 14.8 Å². The maximum atomic E-state index is 13.9. The van der Waals surface area contributed by atoms with Crippen molar-refractivity contribution in [3.63, 3.8) is 0 Å². The maximum Gasteiger partial charge on any atom is 0.247 e. The van der Waals surface area contributed by atoms with Gasteiger partial charge in [-0.2, -0.15) is 0 Å². The fraction of sp³-hybridized carbons (Fsp3) is 0.448. The molecule has 0 aliphatic heterocycles. The molecule has 0 radical (unpaired) electrons. The van der Waals surface area contributed by atoms with Gasteiger partial charge in [0.1, 0.15) is 17.5 Å². The van der Waals surface area contributed by atoms with Gasteiger partial charge < -0.3 is 24.7 Å². The highest BCUT2D eigenvalue weighted by Gasteiger charge is 2.43. The minimum Gasteiger partial charge on any atom is -0.497 e. The van der Waals surface area contributed by atoms with Crippen LogP contribution in [0.4, 0.5) is 0 Å². The predicted octanol–water partition coefficient (Wildman–Crippen LogP) is 4.91. The second-order valence-corrected chi connectivity index (χ2v) is 9.92. The summed E-state index contributed by atoms with van der Waals surface area (Å²) in [5.41, 5.74) is 2.63. The van der Waals surface area contributed by atoms with E-state index in [0.717, 1.165) is 55.0 Å². The van der Waals surface area contributed by atoms with E-state index in [9.17, 15) is 9.59 Å². The van der Waals surface area contributed by atoms with Gasteiger partial charge in [-0.25, -0.2) is 0 Å². The Balaban J connectivity index is 1.50. The molecule has 190 valence electrons. The number of benzene rings is 2. The molecule has 3 aromatic rings. The van der Waals surface area contributed by atoms with Gasteiger partial charge in [0.2, 0.25) is 11.8 Å². The summed E-state index contributed by atoms with van der Waals surface area (Å²) in [6, 6.07) is 12.9. The molecule has 1 atom stereocenters. The number of carbonyl (C=O) groups is 2. The van der Waals surface area contributed by atoms with Crippen molar-refractivity contribution in [1.29, 1.82) is 0 Å². The van der Waals surface area contributed by atoms with Gasteiger partial charge in [-0.1, -0.05) is 37.5 Å². The lowest BCUT2D eigenvalue weighted by atomic mass is 9.94. The van der Waals surface area contributed by atoms with Crippen molar-refractivity contribution in [2.75, 3.05) is 14.2 Å². The highest BCUT2D eigenvalue weighted by atomic mass is 16.5. The molecule has 2 amide bonds. The monoisotopic (exact) mass is 489 g/mol. The molecule has 1 unspecified atom stereocenters. The second kappa shape index (κ2) is 10.6. The summed E-state index contributed by atoms with van der Waals surface area (Å²) in [7, 11) is 3.19. The van der Waals surface area contributed by atoms with Gasteiger partial charge in [0.25, 0.3) is 0 Å². The largest absolute Gasteiger partial charge is 0.497 e. The van der Waals surface area contributed by atoms with Crippen LogP contribution >= 0.6 is 0 Å². The Hall–Kier alpha value is -3.48. The number of rotatable bonds is 9. The number of hydrogen-bond acceptors (Lipinski definition) is 4. The first-order chi connectivity index (χ1) is 17.6. The SMILES string of the molecule is COc1ccc(C(C(=O)NC2CCCCC2)N(C(=O)Cc2c[nH]c3ccccc23)C2CC2)c(OC)c1. The number of para-hydroxylation sites is 1.